The largest absolute Gasteiger partial charge is 0.295 e. The van der Waals surface area contributed by atoms with Gasteiger partial charge in [0.1, 0.15) is 0 Å². The summed E-state index contributed by atoms with van der Waals surface area (Å²) in [6.07, 6.45) is 1.64. The highest BCUT2D eigenvalue weighted by atomic mass is 32.2. The van der Waals surface area contributed by atoms with Crippen LogP contribution in [-0.4, -0.2) is 17.3 Å². The molecule has 0 N–H and O–H groups in total. The number of rotatable bonds is 6. The molecule has 0 atom stereocenters. The van der Waals surface area contributed by atoms with Gasteiger partial charge >= 0.3 is 0 Å². The van der Waals surface area contributed by atoms with Crippen molar-refractivity contribution in [2.75, 3.05) is 11.5 Å². The van der Waals surface area contributed by atoms with Crippen LogP contribution in [0, 0.1) is 5.41 Å². The SMILES string of the molecule is C=C(C)C(=O)CCCSCC(C)(C)C. The zero-order valence-electron chi connectivity index (χ0n) is 9.85. The molecule has 1 nitrogen and oxygen atoms in total. The van der Waals surface area contributed by atoms with Gasteiger partial charge in [0.15, 0.2) is 5.78 Å². The molecule has 0 aliphatic heterocycles. The van der Waals surface area contributed by atoms with Crippen LogP contribution in [0.15, 0.2) is 12.2 Å². The Hall–Kier alpha value is -0.240. The van der Waals surface area contributed by atoms with Crippen molar-refractivity contribution in [1.82, 2.24) is 0 Å². The average Bonchev–Trinajstić information content (AvgIpc) is 2.01. The van der Waals surface area contributed by atoms with Crippen LogP contribution < -0.4 is 0 Å². The molecular weight excluding hydrogens is 192 g/mol. The second kappa shape index (κ2) is 6.28. The summed E-state index contributed by atoms with van der Waals surface area (Å²) < 4.78 is 0. The first kappa shape index (κ1) is 13.8. The van der Waals surface area contributed by atoms with Crippen molar-refractivity contribution >= 4 is 17.5 Å². The van der Waals surface area contributed by atoms with Crippen LogP contribution >= 0.6 is 11.8 Å². The summed E-state index contributed by atoms with van der Waals surface area (Å²) in [6, 6.07) is 0. The Bertz CT molecular complexity index is 201. The second-order valence-corrected chi connectivity index (χ2v) is 6.03. The maximum absolute atomic E-state index is 11.2. The van der Waals surface area contributed by atoms with E-state index in [-0.39, 0.29) is 5.78 Å². The predicted octanol–water partition coefficient (Wildman–Crippen LogP) is 3.69. The Labute approximate surface area is 92.3 Å². The molecule has 14 heavy (non-hydrogen) atoms. The lowest BCUT2D eigenvalue weighted by Crippen LogP contribution is -2.09. The third-order valence-electron chi connectivity index (χ3n) is 1.70. The van der Waals surface area contributed by atoms with Gasteiger partial charge in [0.2, 0.25) is 0 Å². The van der Waals surface area contributed by atoms with Crippen LogP contribution in [0.4, 0.5) is 0 Å². The van der Waals surface area contributed by atoms with Gasteiger partial charge in [-0.25, -0.2) is 0 Å². The third kappa shape index (κ3) is 8.36. The van der Waals surface area contributed by atoms with E-state index in [9.17, 15) is 4.79 Å². The summed E-state index contributed by atoms with van der Waals surface area (Å²) in [5.41, 5.74) is 1.08. The summed E-state index contributed by atoms with van der Waals surface area (Å²) in [5, 5.41) is 0. The molecule has 0 saturated carbocycles. The number of thioether (sulfide) groups is 1. The zero-order chi connectivity index (χ0) is 11.2. The van der Waals surface area contributed by atoms with E-state index in [1.165, 1.54) is 0 Å². The topological polar surface area (TPSA) is 17.1 Å². The van der Waals surface area contributed by atoms with Crippen LogP contribution in [0.1, 0.15) is 40.5 Å². The van der Waals surface area contributed by atoms with Crippen LogP contribution in [0.5, 0.6) is 0 Å². The van der Waals surface area contributed by atoms with Gasteiger partial charge in [-0.15, -0.1) is 0 Å². The number of carbonyl (C=O) groups is 1. The van der Waals surface area contributed by atoms with E-state index >= 15 is 0 Å². The first-order chi connectivity index (χ1) is 6.33. The molecule has 0 aromatic carbocycles. The number of allylic oxidation sites excluding steroid dienone is 1. The molecule has 82 valence electrons. The zero-order valence-corrected chi connectivity index (χ0v) is 10.7. The number of hydrogen-bond acceptors (Lipinski definition) is 2. The maximum atomic E-state index is 11.2. The van der Waals surface area contributed by atoms with Crippen molar-refractivity contribution in [3.05, 3.63) is 12.2 Å². The van der Waals surface area contributed by atoms with Crippen molar-refractivity contribution in [3.63, 3.8) is 0 Å². The second-order valence-electron chi connectivity index (χ2n) is 4.92. The molecular formula is C12H22OS. The third-order valence-corrected chi connectivity index (χ3v) is 3.35. The van der Waals surface area contributed by atoms with E-state index in [0.717, 1.165) is 17.9 Å². The minimum Gasteiger partial charge on any atom is -0.295 e. The van der Waals surface area contributed by atoms with E-state index < -0.39 is 0 Å². The van der Waals surface area contributed by atoms with Crippen molar-refractivity contribution < 1.29 is 4.79 Å². The van der Waals surface area contributed by atoms with Crippen molar-refractivity contribution in [2.45, 2.75) is 40.5 Å². The standard InChI is InChI=1S/C12H22OS/c1-10(2)11(13)7-6-8-14-9-12(3,4)5/h1,6-9H2,2-5H3. The molecule has 0 unspecified atom stereocenters. The molecule has 0 bridgehead atoms. The lowest BCUT2D eigenvalue weighted by atomic mass is 10.0. The van der Waals surface area contributed by atoms with Gasteiger partial charge < -0.3 is 0 Å². The van der Waals surface area contributed by atoms with Gasteiger partial charge in [-0.3, -0.25) is 4.79 Å². The van der Waals surface area contributed by atoms with Gasteiger partial charge in [-0.05, 0) is 35.8 Å². The number of carbonyl (C=O) groups excluding carboxylic acids is 1. The highest BCUT2D eigenvalue weighted by Crippen LogP contribution is 2.21. The summed E-state index contributed by atoms with van der Waals surface area (Å²) in [4.78, 5) is 11.2. The van der Waals surface area contributed by atoms with Crippen LogP contribution in [0.3, 0.4) is 0 Å². The molecule has 0 fully saturated rings. The predicted molar refractivity (Wildman–Crippen MR) is 65.8 cm³/mol. The van der Waals surface area contributed by atoms with Gasteiger partial charge in [-0.2, -0.15) is 11.8 Å². The number of hydrogen-bond donors (Lipinski definition) is 0. The fourth-order valence-corrected chi connectivity index (χ4v) is 2.03. The van der Waals surface area contributed by atoms with E-state index in [2.05, 4.69) is 27.4 Å². The molecule has 0 aliphatic rings. The summed E-state index contributed by atoms with van der Waals surface area (Å²) in [5.74, 6) is 2.45. The molecule has 0 radical (unpaired) electrons. The lowest BCUT2D eigenvalue weighted by molar-refractivity contribution is -0.115. The fraction of sp³-hybridized carbons (Fsp3) is 0.750. The maximum Gasteiger partial charge on any atom is 0.158 e. The van der Waals surface area contributed by atoms with Crippen molar-refractivity contribution in [2.24, 2.45) is 5.41 Å². The van der Waals surface area contributed by atoms with Gasteiger partial charge in [0.05, 0.1) is 0 Å². The van der Waals surface area contributed by atoms with Crippen LogP contribution in [0.25, 0.3) is 0 Å². The molecule has 0 amide bonds. The first-order valence-corrected chi connectivity index (χ1v) is 6.25. The Kier molecular flexibility index (Phi) is 6.17. The highest BCUT2D eigenvalue weighted by molar-refractivity contribution is 7.99. The monoisotopic (exact) mass is 214 g/mol. The number of ketones is 1. The number of Topliss-reactive ketones (excluding diaryl/α,β-unsaturated/α-hetero) is 1. The Morgan fingerprint density at radius 1 is 1.36 bits per heavy atom. The van der Waals surface area contributed by atoms with E-state index in [1.807, 2.05) is 11.8 Å². The van der Waals surface area contributed by atoms with Crippen molar-refractivity contribution in [3.8, 4) is 0 Å². The Balaban J connectivity index is 3.39. The smallest absolute Gasteiger partial charge is 0.158 e. The van der Waals surface area contributed by atoms with Gasteiger partial charge in [0.25, 0.3) is 0 Å². The normalized spacial score (nSPS) is 11.4. The summed E-state index contributed by atoms with van der Waals surface area (Å²) >= 11 is 1.93. The molecule has 0 aromatic heterocycles. The molecule has 2 heteroatoms. The van der Waals surface area contributed by atoms with E-state index in [4.69, 9.17) is 0 Å². The highest BCUT2D eigenvalue weighted by Gasteiger charge is 2.09. The minimum atomic E-state index is 0.210. The quantitative estimate of drug-likeness (QED) is 0.495. The first-order valence-electron chi connectivity index (χ1n) is 5.09. The summed E-state index contributed by atoms with van der Waals surface area (Å²) in [6.45, 7) is 12.1. The molecule has 0 rings (SSSR count). The molecule has 0 heterocycles. The van der Waals surface area contributed by atoms with Gasteiger partial charge in [0, 0.05) is 6.42 Å². The van der Waals surface area contributed by atoms with E-state index in [1.54, 1.807) is 6.92 Å². The fourth-order valence-electron chi connectivity index (χ4n) is 0.927. The minimum absolute atomic E-state index is 0.210. The lowest BCUT2D eigenvalue weighted by Gasteiger charge is -2.16. The van der Waals surface area contributed by atoms with Crippen LogP contribution in [0.2, 0.25) is 0 Å². The Morgan fingerprint density at radius 3 is 2.36 bits per heavy atom. The Morgan fingerprint density at radius 2 is 1.93 bits per heavy atom. The average molecular weight is 214 g/mol. The van der Waals surface area contributed by atoms with Gasteiger partial charge in [-0.1, -0.05) is 27.4 Å². The molecule has 0 spiro atoms. The summed E-state index contributed by atoms with van der Waals surface area (Å²) in [7, 11) is 0. The molecule has 0 aromatic rings. The van der Waals surface area contributed by atoms with Crippen molar-refractivity contribution in [1.29, 1.82) is 0 Å². The molecule has 0 saturated heterocycles. The molecule has 0 aliphatic carbocycles. The van der Waals surface area contributed by atoms with Crippen LogP contribution in [-0.2, 0) is 4.79 Å². The van der Waals surface area contributed by atoms with E-state index in [0.29, 0.717) is 17.4 Å².